The van der Waals surface area contributed by atoms with Gasteiger partial charge in [-0.2, -0.15) is 0 Å². The maximum atomic E-state index is 9.40. The highest BCUT2D eigenvalue weighted by Crippen LogP contribution is 2.43. The fourth-order valence-corrected chi connectivity index (χ4v) is 2.84. The van der Waals surface area contributed by atoms with Gasteiger partial charge in [0.2, 0.25) is 0 Å². The molecule has 6 nitrogen and oxygen atoms in total. The van der Waals surface area contributed by atoms with Crippen molar-refractivity contribution in [2.24, 2.45) is 0 Å². The highest BCUT2D eigenvalue weighted by molar-refractivity contribution is 4.99. The van der Waals surface area contributed by atoms with E-state index in [9.17, 15) is 5.11 Å². The van der Waals surface area contributed by atoms with Crippen LogP contribution in [0.25, 0.3) is 0 Å². The first-order valence-electron chi connectivity index (χ1n) is 6.29. The summed E-state index contributed by atoms with van der Waals surface area (Å²) in [5, 5.41) is 9.40. The monoisotopic (exact) mass is 260 g/mol. The minimum Gasteiger partial charge on any atom is -0.394 e. The summed E-state index contributed by atoms with van der Waals surface area (Å²) in [5.74, 6) is -1.41. The molecule has 0 spiro atoms. The first kappa shape index (κ1) is 12.8. The van der Waals surface area contributed by atoms with E-state index in [-0.39, 0.29) is 24.9 Å². The van der Waals surface area contributed by atoms with Gasteiger partial charge in [-0.1, -0.05) is 0 Å². The zero-order chi connectivity index (χ0) is 13.1. The quantitative estimate of drug-likeness (QED) is 0.735. The van der Waals surface area contributed by atoms with Gasteiger partial charge in [-0.3, -0.25) is 0 Å². The molecule has 5 atom stereocenters. The number of ether oxygens (including phenoxy) is 5. The van der Waals surface area contributed by atoms with Gasteiger partial charge in [0.15, 0.2) is 17.9 Å². The molecular formula is C12H20O6. The largest absolute Gasteiger partial charge is 0.394 e. The van der Waals surface area contributed by atoms with Crippen molar-refractivity contribution >= 4 is 0 Å². The van der Waals surface area contributed by atoms with Gasteiger partial charge in [-0.25, -0.2) is 0 Å². The third kappa shape index (κ3) is 1.97. The van der Waals surface area contributed by atoms with E-state index < -0.39 is 24.0 Å². The number of aliphatic hydroxyl groups is 1. The number of hydrogen-bond acceptors (Lipinski definition) is 6. The summed E-state index contributed by atoms with van der Waals surface area (Å²) < 4.78 is 28.9. The number of hydrogen-bond donors (Lipinski definition) is 1. The maximum Gasteiger partial charge on any atom is 0.190 e. The first-order valence-corrected chi connectivity index (χ1v) is 6.29. The third-order valence-electron chi connectivity index (χ3n) is 3.43. The van der Waals surface area contributed by atoms with Crippen LogP contribution in [0.1, 0.15) is 27.7 Å². The topological polar surface area (TPSA) is 66.4 Å². The molecule has 0 amide bonds. The summed E-state index contributed by atoms with van der Waals surface area (Å²) in [7, 11) is 0. The van der Waals surface area contributed by atoms with Crippen molar-refractivity contribution in [2.45, 2.75) is 70.0 Å². The highest BCUT2D eigenvalue weighted by Gasteiger charge is 2.60. The van der Waals surface area contributed by atoms with Crippen LogP contribution in [0, 0.1) is 0 Å². The molecule has 0 aliphatic carbocycles. The van der Waals surface area contributed by atoms with Crippen molar-refractivity contribution in [2.75, 3.05) is 6.61 Å². The molecule has 3 aliphatic rings. The molecular weight excluding hydrogens is 240 g/mol. The Hall–Kier alpha value is -0.240. The molecule has 6 heteroatoms. The molecule has 3 aliphatic heterocycles. The molecule has 18 heavy (non-hydrogen) atoms. The lowest BCUT2D eigenvalue weighted by Gasteiger charge is -2.36. The fourth-order valence-electron chi connectivity index (χ4n) is 2.84. The number of rotatable bonds is 1. The second-order valence-corrected chi connectivity index (χ2v) is 5.89. The Kier molecular flexibility index (Phi) is 2.75. The summed E-state index contributed by atoms with van der Waals surface area (Å²) in [5.41, 5.74) is 0. The maximum absolute atomic E-state index is 9.40. The van der Waals surface area contributed by atoms with E-state index in [1.165, 1.54) is 0 Å². The SMILES string of the molecule is CC1(C)OC2O[C@@H](CO)[C@@H]3OC(C)(C)O[C@@H]3C2O1. The summed E-state index contributed by atoms with van der Waals surface area (Å²) in [6, 6.07) is 0. The Morgan fingerprint density at radius 3 is 2.06 bits per heavy atom. The molecule has 3 heterocycles. The minimum atomic E-state index is -0.708. The van der Waals surface area contributed by atoms with Crippen molar-refractivity contribution in [3.63, 3.8) is 0 Å². The van der Waals surface area contributed by atoms with Crippen molar-refractivity contribution in [3.05, 3.63) is 0 Å². The molecule has 104 valence electrons. The molecule has 1 N–H and O–H groups in total. The molecule has 3 fully saturated rings. The van der Waals surface area contributed by atoms with E-state index in [1.807, 2.05) is 27.7 Å². The van der Waals surface area contributed by atoms with Gasteiger partial charge >= 0.3 is 0 Å². The van der Waals surface area contributed by atoms with Crippen molar-refractivity contribution in [3.8, 4) is 0 Å². The van der Waals surface area contributed by atoms with Crippen LogP contribution < -0.4 is 0 Å². The summed E-state index contributed by atoms with van der Waals surface area (Å²) in [4.78, 5) is 0. The normalized spacial score (nSPS) is 48.8. The zero-order valence-corrected chi connectivity index (χ0v) is 11.1. The lowest BCUT2D eigenvalue weighted by Crippen LogP contribution is -2.56. The lowest BCUT2D eigenvalue weighted by molar-refractivity contribution is -0.240. The molecule has 0 saturated carbocycles. The standard InChI is InChI=1S/C12H20O6/c1-11(2)15-7-6(5-13)14-10-9(8(7)16-11)17-12(3,4)18-10/h6-10,13H,5H2,1-4H3/t6-,7-,8-,9?,10?/m0/s1. The molecule has 0 aromatic carbocycles. The van der Waals surface area contributed by atoms with Crippen LogP contribution in [0.2, 0.25) is 0 Å². The van der Waals surface area contributed by atoms with E-state index in [1.54, 1.807) is 0 Å². The van der Waals surface area contributed by atoms with E-state index in [0.29, 0.717) is 0 Å². The van der Waals surface area contributed by atoms with E-state index >= 15 is 0 Å². The second kappa shape index (κ2) is 3.88. The average Bonchev–Trinajstić information content (AvgIpc) is 2.71. The fraction of sp³-hybridized carbons (Fsp3) is 1.00. The van der Waals surface area contributed by atoms with Crippen LogP contribution in [0.15, 0.2) is 0 Å². The Morgan fingerprint density at radius 1 is 0.833 bits per heavy atom. The molecule has 0 bridgehead atoms. The second-order valence-electron chi connectivity index (χ2n) is 5.89. The van der Waals surface area contributed by atoms with Crippen LogP contribution in [-0.2, 0) is 23.7 Å². The van der Waals surface area contributed by atoms with Crippen molar-refractivity contribution < 1.29 is 28.8 Å². The summed E-state index contributed by atoms with van der Waals surface area (Å²) in [6.45, 7) is 7.22. The van der Waals surface area contributed by atoms with Gasteiger partial charge in [0.1, 0.15) is 24.4 Å². The minimum absolute atomic E-state index is 0.131. The molecule has 0 aromatic rings. The van der Waals surface area contributed by atoms with Gasteiger partial charge in [-0.15, -0.1) is 0 Å². The summed E-state index contributed by atoms with van der Waals surface area (Å²) in [6.07, 6.45) is -1.90. The Bertz CT molecular complexity index is 341. The third-order valence-corrected chi connectivity index (χ3v) is 3.43. The Labute approximate surface area is 106 Å². The van der Waals surface area contributed by atoms with Gasteiger partial charge in [0.05, 0.1) is 6.61 Å². The zero-order valence-electron chi connectivity index (χ0n) is 11.1. The average molecular weight is 260 g/mol. The van der Waals surface area contributed by atoms with Crippen LogP contribution in [0.3, 0.4) is 0 Å². The van der Waals surface area contributed by atoms with Gasteiger partial charge in [-0.05, 0) is 27.7 Å². The van der Waals surface area contributed by atoms with Crippen LogP contribution in [0.5, 0.6) is 0 Å². The van der Waals surface area contributed by atoms with Gasteiger partial charge < -0.3 is 28.8 Å². The van der Waals surface area contributed by atoms with Crippen LogP contribution in [-0.4, -0.2) is 54.0 Å². The van der Waals surface area contributed by atoms with Crippen molar-refractivity contribution in [1.29, 1.82) is 0 Å². The van der Waals surface area contributed by atoms with Crippen LogP contribution in [0.4, 0.5) is 0 Å². The van der Waals surface area contributed by atoms with E-state index in [4.69, 9.17) is 23.7 Å². The van der Waals surface area contributed by atoms with Crippen molar-refractivity contribution in [1.82, 2.24) is 0 Å². The summed E-state index contributed by atoms with van der Waals surface area (Å²) >= 11 is 0. The predicted molar refractivity (Wildman–Crippen MR) is 59.6 cm³/mol. The smallest absolute Gasteiger partial charge is 0.190 e. The van der Waals surface area contributed by atoms with Crippen LogP contribution >= 0.6 is 0 Å². The molecule has 2 unspecified atom stereocenters. The predicted octanol–water partition coefficient (Wildman–Crippen LogP) is 0.375. The molecule has 3 saturated heterocycles. The molecule has 0 radical (unpaired) electrons. The lowest BCUT2D eigenvalue weighted by atomic mass is 9.99. The molecule has 3 rings (SSSR count). The van der Waals surface area contributed by atoms with E-state index in [0.717, 1.165) is 0 Å². The molecule has 0 aromatic heterocycles. The first-order chi connectivity index (χ1) is 8.31. The highest BCUT2D eigenvalue weighted by atomic mass is 16.9. The number of aliphatic hydroxyl groups excluding tert-OH is 1. The van der Waals surface area contributed by atoms with E-state index in [2.05, 4.69) is 0 Å². The van der Waals surface area contributed by atoms with Gasteiger partial charge in [0.25, 0.3) is 0 Å². The number of fused-ring (bicyclic) bond motifs is 3. The Balaban J connectivity index is 1.86. The van der Waals surface area contributed by atoms with Gasteiger partial charge in [0, 0.05) is 0 Å². The Morgan fingerprint density at radius 2 is 1.39 bits per heavy atom.